The van der Waals surface area contributed by atoms with Crippen molar-refractivity contribution in [3.8, 4) is 11.5 Å². The van der Waals surface area contributed by atoms with Crippen LogP contribution in [0, 0.1) is 0 Å². The van der Waals surface area contributed by atoms with Gasteiger partial charge in [0.2, 0.25) is 0 Å². The van der Waals surface area contributed by atoms with Crippen molar-refractivity contribution < 1.29 is 14.3 Å². The van der Waals surface area contributed by atoms with Crippen LogP contribution in [0.5, 0.6) is 11.5 Å². The number of nitrogens with zero attached hydrogens (tertiary/aromatic N) is 3. The number of benzene rings is 1. The number of pyridine rings is 1. The zero-order valence-electron chi connectivity index (χ0n) is 16.0. The molecule has 0 aliphatic heterocycles. The summed E-state index contributed by atoms with van der Waals surface area (Å²) in [5.74, 6) is 1.74. The molecule has 0 radical (unpaired) electrons. The summed E-state index contributed by atoms with van der Waals surface area (Å²) in [6, 6.07) is 8.96. The molecule has 0 saturated heterocycles. The molecule has 1 aromatic carbocycles. The van der Waals surface area contributed by atoms with Gasteiger partial charge in [0.25, 0.3) is 5.91 Å². The van der Waals surface area contributed by atoms with Crippen molar-refractivity contribution in [3.05, 3.63) is 64.2 Å². The summed E-state index contributed by atoms with van der Waals surface area (Å²) < 4.78 is 11.1. The molecule has 1 N–H and O–H groups in total. The highest BCUT2D eigenvalue weighted by Crippen LogP contribution is 2.29. The summed E-state index contributed by atoms with van der Waals surface area (Å²) >= 11 is 1.51. The number of thiazole rings is 1. The van der Waals surface area contributed by atoms with E-state index in [0.717, 1.165) is 17.1 Å². The molecule has 0 atom stereocenters. The Hall–Kier alpha value is -3.13. The Morgan fingerprint density at radius 3 is 2.68 bits per heavy atom. The molecule has 0 aliphatic rings. The van der Waals surface area contributed by atoms with Gasteiger partial charge in [-0.05, 0) is 29.8 Å². The standard InChI is InChI=1S/C20H22N4O3S/c1-24(2)19-7-4-14(9-21-19)10-22-20(25)15-5-6-17(18(8-15)26-3)27-11-16-12-28-13-23-16/h4-9,12-13H,10-11H2,1-3H3,(H,22,25). The summed E-state index contributed by atoms with van der Waals surface area (Å²) in [5, 5.41) is 4.82. The van der Waals surface area contributed by atoms with Crippen LogP contribution >= 0.6 is 11.3 Å². The van der Waals surface area contributed by atoms with Gasteiger partial charge in [0.05, 0.1) is 18.3 Å². The molecule has 0 spiro atoms. The Bertz CT molecular complexity index is 912. The first-order valence-electron chi connectivity index (χ1n) is 8.65. The number of hydrogen-bond acceptors (Lipinski definition) is 7. The third-order valence-electron chi connectivity index (χ3n) is 4.01. The van der Waals surface area contributed by atoms with Gasteiger partial charge >= 0.3 is 0 Å². The van der Waals surface area contributed by atoms with Gasteiger partial charge in [0.1, 0.15) is 12.4 Å². The van der Waals surface area contributed by atoms with Gasteiger partial charge in [-0.2, -0.15) is 0 Å². The van der Waals surface area contributed by atoms with E-state index in [0.29, 0.717) is 30.2 Å². The van der Waals surface area contributed by atoms with Crippen molar-refractivity contribution in [1.29, 1.82) is 0 Å². The minimum Gasteiger partial charge on any atom is -0.493 e. The van der Waals surface area contributed by atoms with E-state index in [1.54, 1.807) is 37.0 Å². The zero-order valence-corrected chi connectivity index (χ0v) is 16.8. The minimum absolute atomic E-state index is 0.193. The Labute approximate surface area is 168 Å². The van der Waals surface area contributed by atoms with Gasteiger partial charge in [0, 0.05) is 37.8 Å². The van der Waals surface area contributed by atoms with Crippen LogP contribution in [0.1, 0.15) is 21.6 Å². The number of nitrogens with one attached hydrogen (secondary N) is 1. The zero-order chi connectivity index (χ0) is 19.9. The van der Waals surface area contributed by atoms with Crippen LogP contribution in [0.3, 0.4) is 0 Å². The topological polar surface area (TPSA) is 76.6 Å². The predicted molar refractivity (Wildman–Crippen MR) is 109 cm³/mol. The first kappa shape index (κ1) is 19.6. The number of carbonyl (C=O) groups excluding carboxylic acids is 1. The summed E-state index contributed by atoms with van der Waals surface area (Å²) in [6.45, 7) is 0.741. The first-order valence-corrected chi connectivity index (χ1v) is 9.59. The van der Waals surface area contributed by atoms with E-state index in [2.05, 4.69) is 15.3 Å². The van der Waals surface area contributed by atoms with Crippen LogP contribution in [0.15, 0.2) is 47.4 Å². The fourth-order valence-electron chi connectivity index (χ4n) is 2.46. The van der Waals surface area contributed by atoms with E-state index in [1.165, 1.54) is 11.3 Å². The monoisotopic (exact) mass is 398 g/mol. The average molecular weight is 398 g/mol. The number of aromatic nitrogens is 2. The van der Waals surface area contributed by atoms with Crippen molar-refractivity contribution >= 4 is 23.1 Å². The molecule has 0 fully saturated rings. The third kappa shape index (κ3) is 4.98. The SMILES string of the molecule is COc1cc(C(=O)NCc2ccc(N(C)C)nc2)ccc1OCc1cscn1. The van der Waals surface area contributed by atoms with Gasteiger partial charge < -0.3 is 19.7 Å². The number of hydrogen-bond donors (Lipinski definition) is 1. The number of ether oxygens (including phenoxy) is 2. The average Bonchev–Trinajstić information content (AvgIpc) is 3.24. The second kappa shape index (κ2) is 9.18. The highest BCUT2D eigenvalue weighted by atomic mass is 32.1. The van der Waals surface area contributed by atoms with Gasteiger partial charge in [-0.25, -0.2) is 9.97 Å². The molecule has 2 heterocycles. The molecule has 0 saturated carbocycles. The maximum atomic E-state index is 12.5. The molecule has 0 unspecified atom stereocenters. The van der Waals surface area contributed by atoms with Crippen LogP contribution in [-0.2, 0) is 13.2 Å². The highest BCUT2D eigenvalue weighted by molar-refractivity contribution is 7.07. The summed E-state index contributed by atoms with van der Waals surface area (Å²) in [5.41, 5.74) is 4.03. The summed E-state index contributed by atoms with van der Waals surface area (Å²) in [6.07, 6.45) is 1.76. The van der Waals surface area contributed by atoms with E-state index in [9.17, 15) is 4.79 Å². The molecule has 146 valence electrons. The van der Waals surface area contributed by atoms with Crippen LogP contribution in [0.4, 0.5) is 5.82 Å². The van der Waals surface area contributed by atoms with E-state index < -0.39 is 0 Å². The molecule has 7 nitrogen and oxygen atoms in total. The predicted octanol–water partition coefficient (Wildman–Crippen LogP) is 3.12. The lowest BCUT2D eigenvalue weighted by molar-refractivity contribution is 0.0950. The van der Waals surface area contributed by atoms with Crippen LogP contribution in [-0.4, -0.2) is 37.1 Å². The third-order valence-corrected chi connectivity index (χ3v) is 4.64. The van der Waals surface area contributed by atoms with Crippen molar-refractivity contribution in [3.63, 3.8) is 0 Å². The normalized spacial score (nSPS) is 10.4. The Kier molecular flexibility index (Phi) is 6.44. The molecular weight excluding hydrogens is 376 g/mol. The molecule has 1 amide bonds. The van der Waals surface area contributed by atoms with E-state index >= 15 is 0 Å². The fraction of sp³-hybridized carbons (Fsp3) is 0.250. The number of methoxy groups -OCH3 is 1. The van der Waals surface area contributed by atoms with Crippen molar-refractivity contribution in [1.82, 2.24) is 15.3 Å². The second-order valence-electron chi connectivity index (χ2n) is 6.24. The second-order valence-corrected chi connectivity index (χ2v) is 6.95. The van der Waals surface area contributed by atoms with Gasteiger partial charge in [0.15, 0.2) is 11.5 Å². The molecule has 2 aromatic heterocycles. The maximum Gasteiger partial charge on any atom is 0.251 e. The van der Waals surface area contributed by atoms with Crippen molar-refractivity contribution in [2.45, 2.75) is 13.2 Å². The lowest BCUT2D eigenvalue weighted by atomic mass is 10.2. The molecule has 8 heteroatoms. The fourth-order valence-corrected chi connectivity index (χ4v) is 3.00. The Morgan fingerprint density at radius 2 is 2.04 bits per heavy atom. The quantitative estimate of drug-likeness (QED) is 0.628. The molecular formula is C20H22N4O3S. The Morgan fingerprint density at radius 1 is 1.18 bits per heavy atom. The van der Waals surface area contributed by atoms with Gasteiger partial charge in [-0.15, -0.1) is 11.3 Å². The molecule has 0 bridgehead atoms. The van der Waals surface area contributed by atoms with Crippen LogP contribution in [0.2, 0.25) is 0 Å². The highest BCUT2D eigenvalue weighted by Gasteiger charge is 2.12. The van der Waals surface area contributed by atoms with Gasteiger partial charge in [-0.3, -0.25) is 4.79 Å². The number of amides is 1. The largest absolute Gasteiger partial charge is 0.493 e. The van der Waals surface area contributed by atoms with Crippen molar-refractivity contribution in [2.24, 2.45) is 0 Å². The molecule has 3 aromatic rings. The lowest BCUT2D eigenvalue weighted by Crippen LogP contribution is -2.23. The maximum absolute atomic E-state index is 12.5. The number of anilines is 1. The Balaban J connectivity index is 1.61. The van der Waals surface area contributed by atoms with Crippen LogP contribution in [0.25, 0.3) is 0 Å². The lowest BCUT2D eigenvalue weighted by Gasteiger charge is -2.13. The minimum atomic E-state index is -0.193. The molecule has 28 heavy (non-hydrogen) atoms. The summed E-state index contributed by atoms with van der Waals surface area (Å²) in [7, 11) is 5.41. The smallest absolute Gasteiger partial charge is 0.251 e. The van der Waals surface area contributed by atoms with E-state index in [4.69, 9.17) is 9.47 Å². The van der Waals surface area contributed by atoms with Crippen LogP contribution < -0.4 is 19.7 Å². The molecule has 0 aliphatic carbocycles. The van der Waals surface area contributed by atoms with Gasteiger partial charge in [-0.1, -0.05) is 6.07 Å². The number of rotatable bonds is 8. The van der Waals surface area contributed by atoms with Crippen molar-refractivity contribution in [2.75, 3.05) is 26.1 Å². The molecule has 3 rings (SSSR count). The number of carbonyl (C=O) groups is 1. The first-order chi connectivity index (χ1) is 13.6. The summed E-state index contributed by atoms with van der Waals surface area (Å²) in [4.78, 5) is 22.9. The van der Waals surface area contributed by atoms with E-state index in [-0.39, 0.29) is 5.91 Å². The van der Waals surface area contributed by atoms with E-state index in [1.807, 2.05) is 36.5 Å².